The lowest BCUT2D eigenvalue weighted by Crippen LogP contribution is -1.90. The van der Waals surface area contributed by atoms with Gasteiger partial charge in [0.15, 0.2) is 11.6 Å². The molecule has 100 valence electrons. The van der Waals surface area contributed by atoms with Gasteiger partial charge < -0.3 is 4.74 Å². The Morgan fingerprint density at radius 3 is 2.50 bits per heavy atom. The number of alkyl halides is 1. The summed E-state index contributed by atoms with van der Waals surface area (Å²) in [6, 6.07) is 18.0. The van der Waals surface area contributed by atoms with Crippen LogP contribution in [0.1, 0.15) is 5.56 Å². The third kappa shape index (κ3) is 2.47. The summed E-state index contributed by atoms with van der Waals surface area (Å²) in [4.78, 5) is 0. The van der Waals surface area contributed by atoms with Gasteiger partial charge in [0.05, 0.1) is 0 Å². The SMILES string of the molecule is Fc1ccccc1Oc1cc(CCl)c2ccccc2c1. The van der Waals surface area contributed by atoms with E-state index in [2.05, 4.69) is 0 Å². The summed E-state index contributed by atoms with van der Waals surface area (Å²) in [5.74, 6) is 0.801. The molecule has 0 radical (unpaired) electrons. The zero-order valence-corrected chi connectivity index (χ0v) is 11.4. The van der Waals surface area contributed by atoms with Crippen LogP contribution in [0.4, 0.5) is 4.39 Å². The maximum absolute atomic E-state index is 13.6. The summed E-state index contributed by atoms with van der Waals surface area (Å²) < 4.78 is 19.2. The van der Waals surface area contributed by atoms with Gasteiger partial charge in [-0.2, -0.15) is 0 Å². The topological polar surface area (TPSA) is 9.23 Å². The number of benzene rings is 3. The molecule has 0 atom stereocenters. The molecule has 3 aromatic rings. The molecule has 0 amide bonds. The Hall–Kier alpha value is -2.06. The van der Waals surface area contributed by atoms with Crippen molar-refractivity contribution in [3.63, 3.8) is 0 Å². The first kappa shape index (κ1) is 12.9. The number of rotatable bonds is 3. The van der Waals surface area contributed by atoms with Crippen molar-refractivity contribution in [3.05, 3.63) is 72.0 Å². The van der Waals surface area contributed by atoms with Crippen molar-refractivity contribution in [1.82, 2.24) is 0 Å². The van der Waals surface area contributed by atoms with E-state index in [9.17, 15) is 4.39 Å². The van der Waals surface area contributed by atoms with Crippen molar-refractivity contribution in [3.8, 4) is 11.5 Å². The molecule has 0 bridgehead atoms. The van der Waals surface area contributed by atoms with Crippen LogP contribution < -0.4 is 4.74 Å². The molecule has 0 spiro atoms. The standard InChI is InChI=1S/C17H12ClFO/c18-11-13-10-14(9-12-5-1-2-6-15(12)13)20-17-8-4-3-7-16(17)19/h1-10H,11H2. The van der Waals surface area contributed by atoms with Crippen LogP contribution in [0.2, 0.25) is 0 Å². The molecule has 1 nitrogen and oxygen atoms in total. The predicted octanol–water partition coefficient (Wildman–Crippen LogP) is 5.51. The minimum Gasteiger partial charge on any atom is -0.454 e. The summed E-state index contributed by atoms with van der Waals surface area (Å²) in [5, 5.41) is 2.11. The van der Waals surface area contributed by atoms with E-state index in [0.29, 0.717) is 11.6 Å². The van der Waals surface area contributed by atoms with Crippen LogP contribution in [-0.2, 0) is 5.88 Å². The fourth-order valence-corrected chi connectivity index (χ4v) is 2.40. The van der Waals surface area contributed by atoms with E-state index in [1.165, 1.54) is 6.07 Å². The van der Waals surface area contributed by atoms with E-state index in [0.717, 1.165) is 16.3 Å². The highest BCUT2D eigenvalue weighted by Crippen LogP contribution is 2.30. The number of hydrogen-bond donors (Lipinski definition) is 0. The molecular weight excluding hydrogens is 275 g/mol. The van der Waals surface area contributed by atoms with E-state index >= 15 is 0 Å². The average molecular weight is 287 g/mol. The lowest BCUT2D eigenvalue weighted by molar-refractivity contribution is 0.442. The summed E-state index contributed by atoms with van der Waals surface area (Å²) in [6.45, 7) is 0. The van der Waals surface area contributed by atoms with Crippen LogP contribution in [0.25, 0.3) is 10.8 Å². The van der Waals surface area contributed by atoms with Crippen LogP contribution in [0.3, 0.4) is 0 Å². The monoisotopic (exact) mass is 286 g/mol. The lowest BCUT2D eigenvalue weighted by Gasteiger charge is -2.10. The van der Waals surface area contributed by atoms with Crippen molar-refractivity contribution >= 4 is 22.4 Å². The highest BCUT2D eigenvalue weighted by Gasteiger charge is 2.07. The van der Waals surface area contributed by atoms with Crippen LogP contribution in [0.5, 0.6) is 11.5 Å². The first-order valence-electron chi connectivity index (χ1n) is 6.28. The Bertz CT molecular complexity index is 755. The fourth-order valence-electron chi connectivity index (χ4n) is 2.18. The van der Waals surface area contributed by atoms with Crippen LogP contribution in [-0.4, -0.2) is 0 Å². The highest BCUT2D eigenvalue weighted by atomic mass is 35.5. The van der Waals surface area contributed by atoms with Gasteiger partial charge in [0.2, 0.25) is 0 Å². The second-order valence-electron chi connectivity index (χ2n) is 4.47. The van der Waals surface area contributed by atoms with Crippen LogP contribution in [0.15, 0.2) is 60.7 Å². The molecule has 0 aliphatic carbocycles. The Morgan fingerprint density at radius 2 is 1.70 bits per heavy atom. The van der Waals surface area contributed by atoms with Crippen LogP contribution in [0, 0.1) is 5.82 Å². The largest absolute Gasteiger partial charge is 0.454 e. The molecule has 3 rings (SSSR count). The van der Waals surface area contributed by atoms with Gasteiger partial charge >= 0.3 is 0 Å². The smallest absolute Gasteiger partial charge is 0.165 e. The van der Waals surface area contributed by atoms with Crippen molar-refractivity contribution in [2.24, 2.45) is 0 Å². The minimum absolute atomic E-state index is 0.211. The molecule has 0 aromatic heterocycles. The van der Waals surface area contributed by atoms with Gasteiger partial charge in [-0.3, -0.25) is 0 Å². The normalized spacial score (nSPS) is 10.7. The second kappa shape index (κ2) is 5.51. The minimum atomic E-state index is -0.381. The van der Waals surface area contributed by atoms with Gasteiger partial charge in [-0.1, -0.05) is 36.4 Å². The van der Waals surface area contributed by atoms with Crippen molar-refractivity contribution < 1.29 is 9.13 Å². The molecule has 0 saturated heterocycles. The van der Waals surface area contributed by atoms with E-state index < -0.39 is 0 Å². The molecule has 0 heterocycles. The zero-order chi connectivity index (χ0) is 13.9. The van der Waals surface area contributed by atoms with E-state index in [4.69, 9.17) is 16.3 Å². The molecule has 20 heavy (non-hydrogen) atoms. The van der Waals surface area contributed by atoms with E-state index in [1.54, 1.807) is 18.2 Å². The first-order valence-corrected chi connectivity index (χ1v) is 6.81. The van der Waals surface area contributed by atoms with Crippen molar-refractivity contribution in [2.45, 2.75) is 5.88 Å². The number of fused-ring (bicyclic) bond motifs is 1. The zero-order valence-electron chi connectivity index (χ0n) is 10.6. The third-order valence-corrected chi connectivity index (χ3v) is 3.42. The van der Waals surface area contributed by atoms with E-state index in [-0.39, 0.29) is 11.6 Å². The summed E-state index contributed by atoms with van der Waals surface area (Å²) >= 11 is 5.98. The molecular formula is C17H12ClFO. The quantitative estimate of drug-likeness (QED) is 0.577. The summed E-state index contributed by atoms with van der Waals surface area (Å²) in [5.41, 5.74) is 0.969. The van der Waals surface area contributed by atoms with Crippen molar-refractivity contribution in [2.75, 3.05) is 0 Å². The Labute approximate surface area is 121 Å². The first-order chi connectivity index (χ1) is 9.78. The van der Waals surface area contributed by atoms with Gasteiger partial charge in [0.1, 0.15) is 5.75 Å². The summed E-state index contributed by atoms with van der Waals surface area (Å²) in [6.07, 6.45) is 0. The maximum atomic E-state index is 13.6. The molecule has 0 aliphatic heterocycles. The highest BCUT2D eigenvalue weighted by molar-refractivity contribution is 6.18. The molecule has 0 fully saturated rings. The molecule has 0 saturated carbocycles. The maximum Gasteiger partial charge on any atom is 0.165 e. The second-order valence-corrected chi connectivity index (χ2v) is 4.74. The predicted molar refractivity (Wildman–Crippen MR) is 80.0 cm³/mol. The number of ether oxygens (including phenoxy) is 1. The van der Waals surface area contributed by atoms with Gasteiger partial charge in [-0.05, 0) is 40.6 Å². The molecule has 3 aromatic carbocycles. The van der Waals surface area contributed by atoms with Gasteiger partial charge in [-0.15, -0.1) is 11.6 Å². The Morgan fingerprint density at radius 1 is 0.950 bits per heavy atom. The average Bonchev–Trinajstić information content (AvgIpc) is 2.49. The Balaban J connectivity index is 2.06. The summed E-state index contributed by atoms with van der Waals surface area (Å²) in [7, 11) is 0. The van der Waals surface area contributed by atoms with Gasteiger partial charge in [0.25, 0.3) is 0 Å². The number of halogens is 2. The molecule has 3 heteroatoms. The lowest BCUT2D eigenvalue weighted by atomic mass is 10.1. The number of hydrogen-bond acceptors (Lipinski definition) is 1. The van der Waals surface area contributed by atoms with Crippen molar-refractivity contribution in [1.29, 1.82) is 0 Å². The van der Waals surface area contributed by atoms with Gasteiger partial charge in [0, 0.05) is 5.88 Å². The molecule has 0 N–H and O–H groups in total. The third-order valence-electron chi connectivity index (χ3n) is 3.13. The fraction of sp³-hybridized carbons (Fsp3) is 0.0588. The Kier molecular flexibility index (Phi) is 3.57. The van der Waals surface area contributed by atoms with E-state index in [1.807, 2.05) is 36.4 Å². The molecule has 0 unspecified atom stereocenters. The van der Waals surface area contributed by atoms with Gasteiger partial charge in [-0.25, -0.2) is 4.39 Å². The number of para-hydroxylation sites is 1. The van der Waals surface area contributed by atoms with Crippen LogP contribution >= 0.6 is 11.6 Å². The molecule has 0 aliphatic rings.